The van der Waals surface area contributed by atoms with Gasteiger partial charge in [0.25, 0.3) is 5.91 Å². The van der Waals surface area contributed by atoms with Crippen molar-refractivity contribution >= 4 is 28.5 Å². The summed E-state index contributed by atoms with van der Waals surface area (Å²) in [7, 11) is 0. The molecule has 0 saturated heterocycles. The number of aromatic nitrogens is 1. The van der Waals surface area contributed by atoms with Crippen LogP contribution in [0, 0.1) is 15.2 Å². The van der Waals surface area contributed by atoms with Crippen molar-refractivity contribution in [2.75, 3.05) is 0 Å². The van der Waals surface area contributed by atoms with E-state index in [0.717, 1.165) is 9.13 Å². The van der Waals surface area contributed by atoms with E-state index in [2.05, 4.69) is 10.3 Å². The van der Waals surface area contributed by atoms with Crippen molar-refractivity contribution < 1.29 is 13.6 Å². The standard InChI is InChI=1S/C20H15F2IN2O/c21-16-4-1-13(2-5-16)11-25-20(26)18-7-8-24-12-15(18)9-14-3-6-17(23)10-19(14)22/h1-8,10,12H,9,11H2,(H,25,26). The zero-order chi connectivity index (χ0) is 18.5. The zero-order valence-corrected chi connectivity index (χ0v) is 15.8. The molecule has 0 aliphatic heterocycles. The highest BCUT2D eigenvalue weighted by molar-refractivity contribution is 14.1. The maximum atomic E-state index is 14.1. The number of benzene rings is 2. The average Bonchev–Trinajstić information content (AvgIpc) is 2.64. The van der Waals surface area contributed by atoms with E-state index >= 15 is 0 Å². The first-order valence-corrected chi connectivity index (χ1v) is 9.00. The summed E-state index contributed by atoms with van der Waals surface area (Å²) in [5.74, 6) is -0.910. The van der Waals surface area contributed by atoms with Gasteiger partial charge in [-0.25, -0.2) is 8.78 Å². The SMILES string of the molecule is O=C(NCc1ccc(F)cc1)c1ccncc1Cc1ccc(I)cc1F. The van der Waals surface area contributed by atoms with E-state index in [1.54, 1.807) is 30.5 Å². The second kappa shape index (κ2) is 8.35. The largest absolute Gasteiger partial charge is 0.348 e. The molecule has 1 amide bonds. The van der Waals surface area contributed by atoms with Gasteiger partial charge in [0.05, 0.1) is 0 Å². The number of nitrogens with zero attached hydrogens (tertiary/aromatic N) is 1. The van der Waals surface area contributed by atoms with E-state index in [4.69, 9.17) is 0 Å². The van der Waals surface area contributed by atoms with Gasteiger partial charge in [0.15, 0.2) is 0 Å². The van der Waals surface area contributed by atoms with Gasteiger partial charge < -0.3 is 5.32 Å². The van der Waals surface area contributed by atoms with Crippen molar-refractivity contribution in [3.63, 3.8) is 0 Å². The molecule has 0 radical (unpaired) electrons. The molecule has 3 rings (SSSR count). The molecule has 0 fully saturated rings. The van der Waals surface area contributed by atoms with Crippen molar-refractivity contribution in [3.8, 4) is 0 Å². The van der Waals surface area contributed by atoms with Crippen LogP contribution in [0.2, 0.25) is 0 Å². The lowest BCUT2D eigenvalue weighted by molar-refractivity contribution is 0.0950. The molecular weight excluding hydrogens is 449 g/mol. The summed E-state index contributed by atoms with van der Waals surface area (Å²) in [6, 6.07) is 12.5. The van der Waals surface area contributed by atoms with Crippen LogP contribution in [0.5, 0.6) is 0 Å². The molecule has 0 aliphatic rings. The monoisotopic (exact) mass is 464 g/mol. The minimum Gasteiger partial charge on any atom is -0.348 e. The first-order valence-electron chi connectivity index (χ1n) is 7.92. The van der Waals surface area contributed by atoms with Crippen LogP contribution in [-0.4, -0.2) is 10.9 Å². The third kappa shape index (κ3) is 4.63. The summed E-state index contributed by atoms with van der Waals surface area (Å²) < 4.78 is 27.9. The summed E-state index contributed by atoms with van der Waals surface area (Å²) in [6.45, 7) is 0.277. The molecule has 132 valence electrons. The minimum atomic E-state index is -0.323. The van der Waals surface area contributed by atoms with E-state index in [0.29, 0.717) is 16.7 Å². The number of pyridine rings is 1. The fourth-order valence-corrected chi connectivity index (χ4v) is 2.99. The lowest BCUT2D eigenvalue weighted by atomic mass is 10.0. The first kappa shape index (κ1) is 18.4. The third-order valence-corrected chi connectivity index (χ3v) is 4.58. The molecule has 6 heteroatoms. The van der Waals surface area contributed by atoms with Crippen LogP contribution < -0.4 is 5.32 Å². The van der Waals surface area contributed by atoms with E-state index < -0.39 is 0 Å². The molecule has 1 N–H and O–H groups in total. The predicted molar refractivity (Wildman–Crippen MR) is 104 cm³/mol. The number of rotatable bonds is 5. The molecule has 0 aliphatic carbocycles. The number of carbonyl (C=O) groups excluding carboxylic acids is 1. The normalized spacial score (nSPS) is 10.6. The summed E-state index contributed by atoms with van der Waals surface area (Å²) in [5, 5.41) is 2.80. The molecule has 0 spiro atoms. The Morgan fingerprint density at radius 2 is 1.81 bits per heavy atom. The molecule has 0 saturated carbocycles. The smallest absolute Gasteiger partial charge is 0.251 e. The number of amides is 1. The van der Waals surface area contributed by atoms with Gasteiger partial charge in [-0.2, -0.15) is 0 Å². The number of carbonyl (C=O) groups is 1. The van der Waals surface area contributed by atoms with E-state index in [1.165, 1.54) is 24.4 Å². The quantitative estimate of drug-likeness (QED) is 0.566. The Bertz CT molecular complexity index is 929. The van der Waals surface area contributed by atoms with Crippen LogP contribution in [-0.2, 0) is 13.0 Å². The van der Waals surface area contributed by atoms with Crippen molar-refractivity contribution in [2.45, 2.75) is 13.0 Å². The molecule has 1 heterocycles. The lowest BCUT2D eigenvalue weighted by Gasteiger charge is -2.11. The Balaban J connectivity index is 1.75. The van der Waals surface area contributed by atoms with Gasteiger partial charge in [0, 0.05) is 34.5 Å². The van der Waals surface area contributed by atoms with Gasteiger partial charge in [-0.05, 0) is 69.6 Å². The predicted octanol–water partition coefficient (Wildman–Crippen LogP) is 4.49. The summed E-state index contributed by atoms with van der Waals surface area (Å²) in [4.78, 5) is 16.6. The van der Waals surface area contributed by atoms with E-state index in [1.807, 2.05) is 28.7 Å². The third-order valence-electron chi connectivity index (χ3n) is 3.91. The van der Waals surface area contributed by atoms with Crippen molar-refractivity contribution in [3.05, 3.63) is 98.4 Å². The molecule has 3 aromatic rings. The molecule has 26 heavy (non-hydrogen) atoms. The van der Waals surface area contributed by atoms with Gasteiger partial charge in [-0.3, -0.25) is 9.78 Å². The summed E-state index contributed by atoms with van der Waals surface area (Å²) in [6.07, 6.45) is 3.38. The van der Waals surface area contributed by atoms with Crippen LogP contribution >= 0.6 is 22.6 Å². The van der Waals surface area contributed by atoms with Gasteiger partial charge >= 0.3 is 0 Å². The highest BCUT2D eigenvalue weighted by atomic mass is 127. The maximum absolute atomic E-state index is 14.1. The van der Waals surface area contributed by atoms with Crippen molar-refractivity contribution in [1.29, 1.82) is 0 Å². The topological polar surface area (TPSA) is 42.0 Å². The van der Waals surface area contributed by atoms with Crippen LogP contribution in [0.1, 0.15) is 27.0 Å². The van der Waals surface area contributed by atoms with Crippen LogP contribution in [0.4, 0.5) is 8.78 Å². The Kier molecular flexibility index (Phi) is 5.92. The van der Waals surface area contributed by atoms with Gasteiger partial charge in [-0.15, -0.1) is 0 Å². The first-order chi connectivity index (χ1) is 12.5. The fourth-order valence-electron chi connectivity index (χ4n) is 2.54. The zero-order valence-electron chi connectivity index (χ0n) is 13.7. The molecule has 0 bridgehead atoms. The molecule has 1 aromatic heterocycles. The molecule has 0 atom stereocenters. The Hall–Kier alpha value is -2.35. The van der Waals surface area contributed by atoms with Gasteiger partial charge in [0.2, 0.25) is 0 Å². The number of hydrogen-bond acceptors (Lipinski definition) is 2. The van der Waals surface area contributed by atoms with Gasteiger partial charge in [0.1, 0.15) is 11.6 Å². The fraction of sp³-hybridized carbons (Fsp3) is 0.100. The highest BCUT2D eigenvalue weighted by Crippen LogP contribution is 2.18. The number of hydrogen-bond donors (Lipinski definition) is 1. The van der Waals surface area contributed by atoms with Crippen LogP contribution in [0.25, 0.3) is 0 Å². The second-order valence-corrected chi connectivity index (χ2v) is 7.00. The minimum absolute atomic E-state index is 0.274. The number of nitrogens with one attached hydrogen (secondary N) is 1. The van der Waals surface area contributed by atoms with E-state index in [-0.39, 0.29) is 30.5 Å². The average molecular weight is 464 g/mol. The molecular formula is C20H15F2IN2O. The molecule has 0 unspecified atom stereocenters. The van der Waals surface area contributed by atoms with Crippen LogP contribution in [0.15, 0.2) is 60.9 Å². The summed E-state index contributed by atoms with van der Waals surface area (Å²) >= 11 is 2.05. The lowest BCUT2D eigenvalue weighted by Crippen LogP contribution is -2.24. The molecule has 2 aromatic carbocycles. The second-order valence-electron chi connectivity index (χ2n) is 5.75. The highest BCUT2D eigenvalue weighted by Gasteiger charge is 2.13. The Morgan fingerprint density at radius 1 is 1.04 bits per heavy atom. The van der Waals surface area contributed by atoms with Crippen molar-refractivity contribution in [1.82, 2.24) is 10.3 Å². The number of halogens is 3. The summed E-state index contributed by atoms with van der Waals surface area (Å²) in [5.41, 5.74) is 2.38. The molecule has 3 nitrogen and oxygen atoms in total. The van der Waals surface area contributed by atoms with Gasteiger partial charge in [-0.1, -0.05) is 18.2 Å². The van der Waals surface area contributed by atoms with Crippen LogP contribution in [0.3, 0.4) is 0 Å². The maximum Gasteiger partial charge on any atom is 0.251 e. The Labute approximate surface area is 163 Å². The van der Waals surface area contributed by atoms with E-state index in [9.17, 15) is 13.6 Å². The van der Waals surface area contributed by atoms with Crippen molar-refractivity contribution in [2.24, 2.45) is 0 Å². The Morgan fingerprint density at radius 3 is 2.54 bits per heavy atom.